The van der Waals surface area contributed by atoms with Crippen molar-refractivity contribution in [3.05, 3.63) is 70.9 Å². The van der Waals surface area contributed by atoms with Crippen molar-refractivity contribution in [1.82, 2.24) is 15.6 Å². The maximum atomic E-state index is 12.4. The van der Waals surface area contributed by atoms with E-state index in [4.69, 9.17) is 0 Å². The van der Waals surface area contributed by atoms with Gasteiger partial charge < -0.3 is 15.6 Å². The Morgan fingerprint density at radius 3 is 2.74 bits per heavy atom. The van der Waals surface area contributed by atoms with Crippen molar-refractivity contribution in [2.24, 2.45) is 5.92 Å². The van der Waals surface area contributed by atoms with E-state index in [-0.39, 0.29) is 11.3 Å². The Morgan fingerprint density at radius 2 is 1.97 bits per heavy atom. The van der Waals surface area contributed by atoms with E-state index < -0.39 is 0 Å². The molecular weight excluding hydrogens is 382 g/mol. The van der Waals surface area contributed by atoms with E-state index in [0.29, 0.717) is 24.3 Å². The molecule has 4 nitrogen and oxygen atoms in total. The number of carbonyl (C=O) groups excluding carboxylic acids is 1. The summed E-state index contributed by atoms with van der Waals surface area (Å²) in [7, 11) is 0. The van der Waals surface area contributed by atoms with Crippen molar-refractivity contribution in [3.8, 4) is 0 Å². The van der Waals surface area contributed by atoms with E-state index in [1.54, 1.807) is 0 Å². The predicted molar refractivity (Wildman–Crippen MR) is 126 cm³/mol. The largest absolute Gasteiger partial charge is 0.361 e. The van der Waals surface area contributed by atoms with Crippen LogP contribution in [0.1, 0.15) is 55.4 Å². The monoisotopic (exact) mass is 415 g/mol. The Kier molecular flexibility index (Phi) is 5.13. The predicted octanol–water partition coefficient (Wildman–Crippen LogP) is 4.44. The van der Waals surface area contributed by atoms with Gasteiger partial charge in [-0.05, 0) is 59.0 Å². The second kappa shape index (κ2) is 7.83. The van der Waals surface area contributed by atoms with E-state index >= 15 is 0 Å². The summed E-state index contributed by atoms with van der Waals surface area (Å²) in [6.45, 7) is 8.57. The minimum absolute atomic E-state index is 0.113. The highest BCUT2D eigenvalue weighted by molar-refractivity contribution is 5.89. The zero-order valence-electron chi connectivity index (χ0n) is 18.8. The maximum absolute atomic E-state index is 12.4. The Bertz CT molecular complexity index is 1090. The molecule has 1 fully saturated rings. The highest BCUT2D eigenvalue weighted by Crippen LogP contribution is 2.43. The van der Waals surface area contributed by atoms with Crippen LogP contribution >= 0.6 is 0 Å². The van der Waals surface area contributed by atoms with Gasteiger partial charge >= 0.3 is 0 Å². The number of H-pyrrole nitrogens is 1. The number of amides is 1. The number of benzene rings is 2. The van der Waals surface area contributed by atoms with Gasteiger partial charge in [0.25, 0.3) is 0 Å². The van der Waals surface area contributed by atoms with Crippen LogP contribution < -0.4 is 10.6 Å². The molecule has 4 heteroatoms. The van der Waals surface area contributed by atoms with Crippen molar-refractivity contribution in [2.75, 3.05) is 13.1 Å². The maximum Gasteiger partial charge on any atom is 0.224 e. The standard InChI is InChI=1S/C27H33N3O/c1-27(2,3)20-12-22-21-9-18(15-30-25(31)10-17-7-5-4-6-8-17)14-28-23(21)11-19-16-29-24(13-20)26(19)22/h4-8,12-13,16,18,21,23,28-29H,9-11,14-15H2,1-3H3,(H,30,31)/t18?,21-,23-/m1/s1. The zero-order valence-corrected chi connectivity index (χ0v) is 18.8. The van der Waals surface area contributed by atoms with Gasteiger partial charge in [-0.15, -0.1) is 0 Å². The number of rotatable bonds is 4. The first-order valence-corrected chi connectivity index (χ1v) is 11.6. The summed E-state index contributed by atoms with van der Waals surface area (Å²) in [6, 6.07) is 15.2. The lowest BCUT2D eigenvalue weighted by Gasteiger charge is -2.41. The fourth-order valence-corrected chi connectivity index (χ4v) is 5.38. The van der Waals surface area contributed by atoms with E-state index in [9.17, 15) is 4.79 Å². The number of hydrogen-bond acceptors (Lipinski definition) is 2. The number of aromatic amines is 1. The van der Waals surface area contributed by atoms with Crippen LogP contribution in [-0.4, -0.2) is 30.0 Å². The number of hydrogen-bond donors (Lipinski definition) is 3. The fraction of sp³-hybridized carbons (Fsp3) is 0.444. The van der Waals surface area contributed by atoms with Gasteiger partial charge in [-0.25, -0.2) is 0 Å². The molecule has 162 valence electrons. The molecule has 0 spiro atoms. The molecule has 1 amide bonds. The van der Waals surface area contributed by atoms with Gasteiger partial charge in [-0.1, -0.05) is 57.2 Å². The van der Waals surface area contributed by atoms with Gasteiger partial charge in [0.1, 0.15) is 0 Å². The molecule has 31 heavy (non-hydrogen) atoms. The van der Waals surface area contributed by atoms with Crippen LogP contribution in [0.2, 0.25) is 0 Å². The first-order chi connectivity index (χ1) is 14.9. The topological polar surface area (TPSA) is 56.9 Å². The smallest absolute Gasteiger partial charge is 0.224 e. The van der Waals surface area contributed by atoms with Crippen LogP contribution in [0.4, 0.5) is 0 Å². The molecule has 3 N–H and O–H groups in total. The van der Waals surface area contributed by atoms with Crippen molar-refractivity contribution < 1.29 is 4.79 Å². The van der Waals surface area contributed by atoms with Crippen molar-refractivity contribution in [2.45, 2.75) is 57.4 Å². The lowest BCUT2D eigenvalue weighted by atomic mass is 9.71. The average molecular weight is 416 g/mol. The van der Waals surface area contributed by atoms with Gasteiger partial charge in [0.15, 0.2) is 0 Å². The van der Waals surface area contributed by atoms with E-state index in [0.717, 1.165) is 31.5 Å². The lowest BCUT2D eigenvalue weighted by molar-refractivity contribution is -0.120. The van der Waals surface area contributed by atoms with E-state index in [2.05, 4.69) is 54.7 Å². The third-order valence-electron chi connectivity index (χ3n) is 7.13. The molecule has 1 aliphatic carbocycles. The quantitative estimate of drug-likeness (QED) is 0.590. The summed E-state index contributed by atoms with van der Waals surface area (Å²) in [5, 5.41) is 8.43. The van der Waals surface area contributed by atoms with Gasteiger partial charge in [0, 0.05) is 35.6 Å². The minimum Gasteiger partial charge on any atom is -0.361 e. The number of carbonyl (C=O) groups is 1. The van der Waals surface area contributed by atoms with E-state index in [1.165, 1.54) is 27.6 Å². The third kappa shape index (κ3) is 4.01. The normalized spacial score (nSPS) is 22.9. The summed E-state index contributed by atoms with van der Waals surface area (Å²) in [6.07, 6.45) is 4.86. The van der Waals surface area contributed by atoms with Crippen LogP contribution in [0.25, 0.3) is 10.9 Å². The summed E-state index contributed by atoms with van der Waals surface area (Å²) in [5.41, 5.74) is 6.78. The van der Waals surface area contributed by atoms with Crippen LogP contribution in [0, 0.1) is 5.92 Å². The fourth-order valence-electron chi connectivity index (χ4n) is 5.38. The second-order valence-corrected chi connectivity index (χ2v) is 10.4. The molecule has 2 aliphatic rings. The van der Waals surface area contributed by atoms with Crippen LogP contribution in [0.3, 0.4) is 0 Å². The molecule has 1 aliphatic heterocycles. The Balaban J connectivity index is 1.32. The average Bonchev–Trinajstić information content (AvgIpc) is 3.16. The minimum atomic E-state index is 0.113. The molecule has 1 unspecified atom stereocenters. The third-order valence-corrected chi connectivity index (χ3v) is 7.13. The zero-order chi connectivity index (χ0) is 21.6. The molecule has 5 rings (SSSR count). The van der Waals surface area contributed by atoms with Gasteiger partial charge in [0.2, 0.25) is 5.91 Å². The number of piperidine rings is 1. The van der Waals surface area contributed by atoms with Crippen molar-refractivity contribution >= 4 is 16.8 Å². The van der Waals surface area contributed by atoms with Gasteiger partial charge in [0.05, 0.1) is 6.42 Å². The summed E-state index contributed by atoms with van der Waals surface area (Å²) in [5.74, 6) is 1.06. The molecule has 2 aromatic carbocycles. The molecule has 2 heterocycles. The van der Waals surface area contributed by atoms with Crippen LogP contribution in [0.5, 0.6) is 0 Å². The lowest BCUT2D eigenvalue weighted by Crippen LogP contribution is -2.49. The second-order valence-electron chi connectivity index (χ2n) is 10.4. The van der Waals surface area contributed by atoms with E-state index in [1.807, 2.05) is 30.3 Å². The van der Waals surface area contributed by atoms with Crippen molar-refractivity contribution in [3.63, 3.8) is 0 Å². The first kappa shape index (κ1) is 20.3. The molecule has 0 saturated carbocycles. The highest BCUT2D eigenvalue weighted by Gasteiger charge is 2.37. The summed E-state index contributed by atoms with van der Waals surface area (Å²) < 4.78 is 0. The van der Waals surface area contributed by atoms with Crippen LogP contribution in [0.15, 0.2) is 48.7 Å². The number of nitrogens with one attached hydrogen (secondary N) is 3. The Hall–Kier alpha value is -2.59. The van der Waals surface area contributed by atoms with Gasteiger partial charge in [-0.3, -0.25) is 4.79 Å². The molecule has 1 saturated heterocycles. The summed E-state index contributed by atoms with van der Waals surface area (Å²) in [4.78, 5) is 16.0. The molecule has 0 radical (unpaired) electrons. The molecular formula is C27H33N3O. The Morgan fingerprint density at radius 1 is 1.16 bits per heavy atom. The molecule has 3 aromatic rings. The number of aromatic nitrogens is 1. The number of fused-ring (bicyclic) bond motifs is 2. The summed E-state index contributed by atoms with van der Waals surface area (Å²) >= 11 is 0. The first-order valence-electron chi connectivity index (χ1n) is 11.6. The Labute approximate surface area is 184 Å². The van der Waals surface area contributed by atoms with Gasteiger partial charge in [-0.2, -0.15) is 0 Å². The highest BCUT2D eigenvalue weighted by atomic mass is 16.1. The SMILES string of the molecule is CC(C)(C)c1cc2c3c(c[nH]c3c1)C[C@H]1NCC(CNC(=O)Cc3ccccc3)C[C@H]21. The molecule has 0 bridgehead atoms. The molecule has 1 aromatic heterocycles. The van der Waals surface area contributed by atoms with Crippen molar-refractivity contribution in [1.29, 1.82) is 0 Å². The molecule has 3 atom stereocenters. The van der Waals surface area contributed by atoms with Crippen LogP contribution in [-0.2, 0) is 23.1 Å².